The number of carbonyl (C=O) groups is 4. The summed E-state index contributed by atoms with van der Waals surface area (Å²) >= 11 is 6.24. The van der Waals surface area contributed by atoms with Crippen molar-refractivity contribution in [1.82, 2.24) is 20.4 Å². The van der Waals surface area contributed by atoms with E-state index in [-0.39, 0.29) is 53.0 Å². The number of nitrogens with zero attached hydrogens (tertiary/aromatic N) is 3. The number of benzene rings is 3. The van der Waals surface area contributed by atoms with Gasteiger partial charge in [0.25, 0.3) is 11.8 Å². The number of imide groups is 1. The molecule has 1 unspecified atom stereocenters. The van der Waals surface area contributed by atoms with Crippen molar-refractivity contribution in [2.45, 2.75) is 97.4 Å². The maximum absolute atomic E-state index is 13.4. The Bertz CT molecular complexity index is 2100. The van der Waals surface area contributed by atoms with Gasteiger partial charge in [0.1, 0.15) is 24.0 Å². The average Bonchev–Trinajstić information content (AvgIpc) is 3.50. The fraction of sp³-hybridized carbons (Fsp3) is 0.444. The largest absolute Gasteiger partial charge is 0.489 e. The number of piperidine rings is 1. The van der Waals surface area contributed by atoms with Crippen LogP contribution in [0.15, 0.2) is 66.7 Å². The van der Waals surface area contributed by atoms with Gasteiger partial charge in [0.2, 0.25) is 11.8 Å². The van der Waals surface area contributed by atoms with Crippen LogP contribution in [-0.4, -0.2) is 71.3 Å². The van der Waals surface area contributed by atoms with Crippen LogP contribution < -0.4 is 15.4 Å². The molecule has 3 aromatic carbocycles. The molecule has 3 aromatic rings. The second-order valence-electron chi connectivity index (χ2n) is 16.9. The van der Waals surface area contributed by atoms with Gasteiger partial charge in [0, 0.05) is 60.1 Å². The van der Waals surface area contributed by atoms with Crippen LogP contribution in [0.1, 0.15) is 109 Å². The molecule has 4 aliphatic rings. The molecule has 1 saturated carbocycles. The molecule has 11 heteroatoms. The second-order valence-corrected chi connectivity index (χ2v) is 17.3. The lowest BCUT2D eigenvalue weighted by Crippen LogP contribution is -2.74. The SMILES string of the molecule is CC1(C)[C@H](NC(=O)c2ccc(CCCCCN3CC=C(c4ccc5c(c4)CN(C4CCC(=O)NC4=O)C5=O)CC3)cc2)C(C)(C)[C@H]1Oc1ccc(C#N)c(Cl)c1. The smallest absolute Gasteiger partial charge is 0.255 e. The maximum Gasteiger partial charge on any atom is 0.255 e. The van der Waals surface area contributed by atoms with Crippen LogP contribution >= 0.6 is 11.6 Å². The Morgan fingerprint density at radius 2 is 1.75 bits per heavy atom. The van der Waals surface area contributed by atoms with Gasteiger partial charge in [-0.15, -0.1) is 0 Å². The number of carbonyl (C=O) groups excluding carboxylic acids is 4. The standard InChI is InChI=1S/C45H50ClN5O5/c1-44(2)42(45(3,4)43(44)56-34-15-13-32(26-47)36(46)25-34)49-39(53)30-11-9-28(10-12-30)8-6-5-7-21-50-22-19-29(20-23-50)31-14-16-35-33(24-31)27-51(41(35)55)37-17-18-38(52)48-40(37)54/h9-16,19,24-25,37,42-43H,5-8,17-18,20-23,27H2,1-4H3,(H,49,53)(H,48,52,54)/t37?,42-,43-. The van der Waals surface area contributed by atoms with Crippen LogP contribution in [0.4, 0.5) is 0 Å². The van der Waals surface area contributed by atoms with E-state index >= 15 is 0 Å². The van der Waals surface area contributed by atoms with E-state index in [0.29, 0.717) is 40.4 Å². The first kappa shape index (κ1) is 39.3. The molecule has 0 radical (unpaired) electrons. The molecule has 292 valence electrons. The van der Waals surface area contributed by atoms with Crippen molar-refractivity contribution in [3.8, 4) is 11.8 Å². The number of amides is 4. The second kappa shape index (κ2) is 15.9. The van der Waals surface area contributed by atoms with Crippen LogP contribution in [0.3, 0.4) is 0 Å². The summed E-state index contributed by atoms with van der Waals surface area (Å²) in [5, 5.41) is 15.2. The molecule has 7 rings (SSSR count). The summed E-state index contributed by atoms with van der Waals surface area (Å²) in [5.74, 6) is -0.295. The Hall–Kier alpha value is -4.98. The van der Waals surface area contributed by atoms with Gasteiger partial charge in [0.15, 0.2) is 0 Å². The van der Waals surface area contributed by atoms with Crippen molar-refractivity contribution >= 4 is 40.8 Å². The molecule has 2 N–H and O–H groups in total. The number of unbranched alkanes of at least 4 members (excludes halogenated alkanes) is 2. The van der Waals surface area contributed by atoms with E-state index in [2.05, 4.69) is 73.6 Å². The lowest BCUT2D eigenvalue weighted by atomic mass is 9.49. The zero-order valence-electron chi connectivity index (χ0n) is 32.6. The Morgan fingerprint density at radius 1 is 0.982 bits per heavy atom. The molecule has 0 spiro atoms. The van der Waals surface area contributed by atoms with Gasteiger partial charge in [-0.1, -0.05) is 70.0 Å². The van der Waals surface area contributed by atoms with Crippen molar-refractivity contribution in [2.75, 3.05) is 19.6 Å². The van der Waals surface area contributed by atoms with Gasteiger partial charge in [-0.05, 0) is 97.3 Å². The minimum Gasteiger partial charge on any atom is -0.489 e. The molecule has 1 aliphatic carbocycles. The Balaban J connectivity index is 0.826. The van der Waals surface area contributed by atoms with Gasteiger partial charge < -0.3 is 15.0 Å². The van der Waals surface area contributed by atoms with E-state index in [0.717, 1.165) is 62.9 Å². The van der Waals surface area contributed by atoms with E-state index in [9.17, 15) is 24.4 Å². The zero-order valence-corrected chi connectivity index (χ0v) is 33.4. The van der Waals surface area contributed by atoms with Crippen LogP contribution in [0.25, 0.3) is 5.57 Å². The van der Waals surface area contributed by atoms with E-state index in [1.165, 1.54) is 11.1 Å². The lowest BCUT2D eigenvalue weighted by Gasteiger charge is -2.63. The molecule has 1 atom stereocenters. The molecule has 0 bridgehead atoms. The first-order chi connectivity index (χ1) is 26.8. The van der Waals surface area contributed by atoms with Crippen LogP contribution in [0, 0.1) is 22.2 Å². The lowest BCUT2D eigenvalue weighted by molar-refractivity contribution is -0.164. The molecule has 4 amide bonds. The Kier molecular flexibility index (Phi) is 11.1. The maximum atomic E-state index is 13.4. The molecular weight excluding hydrogens is 726 g/mol. The summed E-state index contributed by atoms with van der Waals surface area (Å²) in [6, 6.07) is 20.4. The Morgan fingerprint density at radius 3 is 2.43 bits per heavy atom. The summed E-state index contributed by atoms with van der Waals surface area (Å²) in [7, 11) is 0. The van der Waals surface area contributed by atoms with Gasteiger partial charge in [-0.25, -0.2) is 0 Å². The number of hydrogen-bond donors (Lipinski definition) is 2. The minimum absolute atomic E-state index is 0.0935. The summed E-state index contributed by atoms with van der Waals surface area (Å²) in [4.78, 5) is 54.5. The van der Waals surface area contributed by atoms with E-state index in [4.69, 9.17) is 16.3 Å². The van der Waals surface area contributed by atoms with Crippen LogP contribution in [0.5, 0.6) is 5.75 Å². The predicted octanol–water partition coefficient (Wildman–Crippen LogP) is 7.09. The zero-order chi connectivity index (χ0) is 39.8. The van der Waals surface area contributed by atoms with Crippen LogP contribution in [0.2, 0.25) is 5.02 Å². The summed E-state index contributed by atoms with van der Waals surface area (Å²) in [6.07, 6.45) is 7.99. The molecule has 10 nitrogen and oxygen atoms in total. The van der Waals surface area contributed by atoms with Gasteiger partial charge >= 0.3 is 0 Å². The van der Waals surface area contributed by atoms with Crippen molar-refractivity contribution in [3.05, 3.63) is 105 Å². The number of nitriles is 1. The molecule has 2 fully saturated rings. The number of nitrogens with one attached hydrogen (secondary N) is 2. The minimum atomic E-state index is -0.600. The van der Waals surface area contributed by atoms with Crippen molar-refractivity contribution in [3.63, 3.8) is 0 Å². The van der Waals surface area contributed by atoms with Gasteiger partial charge in [-0.3, -0.25) is 29.4 Å². The molecule has 1 saturated heterocycles. The van der Waals surface area contributed by atoms with E-state index in [1.807, 2.05) is 24.3 Å². The fourth-order valence-electron chi connectivity index (χ4n) is 9.42. The predicted molar refractivity (Wildman–Crippen MR) is 215 cm³/mol. The third-order valence-corrected chi connectivity index (χ3v) is 12.6. The van der Waals surface area contributed by atoms with E-state index < -0.39 is 6.04 Å². The van der Waals surface area contributed by atoms with Gasteiger partial charge in [-0.2, -0.15) is 5.26 Å². The number of ether oxygens (including phenoxy) is 1. The molecule has 3 aliphatic heterocycles. The quantitative estimate of drug-likeness (QED) is 0.148. The highest BCUT2D eigenvalue weighted by molar-refractivity contribution is 6.31. The monoisotopic (exact) mass is 775 g/mol. The number of halogens is 1. The normalized spacial score (nSPS) is 22.7. The molecule has 3 heterocycles. The van der Waals surface area contributed by atoms with Crippen molar-refractivity contribution in [1.29, 1.82) is 5.26 Å². The van der Waals surface area contributed by atoms with E-state index in [1.54, 1.807) is 23.1 Å². The molecule has 0 aromatic heterocycles. The van der Waals surface area contributed by atoms with Gasteiger partial charge in [0.05, 0.1) is 10.6 Å². The topological polar surface area (TPSA) is 132 Å². The first-order valence-corrected chi connectivity index (χ1v) is 20.1. The molecular formula is C45H50ClN5O5. The number of rotatable bonds is 12. The highest BCUT2D eigenvalue weighted by atomic mass is 35.5. The van der Waals surface area contributed by atoms with Crippen molar-refractivity contribution in [2.24, 2.45) is 10.8 Å². The highest BCUT2D eigenvalue weighted by Crippen LogP contribution is 2.55. The fourth-order valence-corrected chi connectivity index (χ4v) is 9.64. The third kappa shape index (κ3) is 7.85. The first-order valence-electron chi connectivity index (χ1n) is 19.7. The number of fused-ring (bicyclic) bond motifs is 1. The Labute approximate surface area is 334 Å². The summed E-state index contributed by atoms with van der Waals surface area (Å²) in [6.45, 7) is 11.7. The highest BCUT2D eigenvalue weighted by Gasteiger charge is 2.64. The van der Waals surface area contributed by atoms with Crippen molar-refractivity contribution < 1.29 is 23.9 Å². The summed E-state index contributed by atoms with van der Waals surface area (Å²) in [5.41, 5.74) is 5.61. The summed E-state index contributed by atoms with van der Waals surface area (Å²) < 4.78 is 6.37. The third-order valence-electron chi connectivity index (χ3n) is 12.3. The van der Waals surface area contributed by atoms with Crippen LogP contribution in [-0.2, 0) is 22.6 Å². The number of aryl methyl sites for hydroxylation is 1. The molecule has 56 heavy (non-hydrogen) atoms. The average molecular weight is 776 g/mol. The number of hydrogen-bond acceptors (Lipinski definition) is 7.